The molecule has 0 aliphatic rings. The second-order valence-corrected chi connectivity index (χ2v) is 13.5. The third-order valence-electron chi connectivity index (χ3n) is 7.41. The standard InChI is InChI=1S/C35H37Cl2N3O5S/c1-4-19-38-35(42)33(20-26-9-6-5-7-10-26)39(23-27-15-16-28(36)21-32(27)37)34(41)24-40(29-11-8-12-30(22-29)45-3)46(43,44)31-17-13-25(2)14-18-31/h5-18,21-22,33H,4,19-20,23-24H2,1-3H3,(H,38,42)/t33-/m0/s1. The smallest absolute Gasteiger partial charge is 0.264 e. The van der Waals surface area contributed by atoms with Crippen molar-refractivity contribution in [2.45, 2.75) is 44.2 Å². The third-order valence-corrected chi connectivity index (χ3v) is 9.78. The van der Waals surface area contributed by atoms with E-state index < -0.39 is 28.5 Å². The van der Waals surface area contributed by atoms with Crippen LogP contribution in [0.15, 0.2) is 102 Å². The van der Waals surface area contributed by atoms with Gasteiger partial charge in [0.15, 0.2) is 0 Å². The molecule has 0 bridgehead atoms. The first-order valence-corrected chi connectivity index (χ1v) is 17.0. The summed E-state index contributed by atoms with van der Waals surface area (Å²) in [4.78, 5) is 29.7. The van der Waals surface area contributed by atoms with Crippen molar-refractivity contribution in [1.82, 2.24) is 10.2 Å². The number of aryl methyl sites for hydroxylation is 1. The van der Waals surface area contributed by atoms with Crippen molar-refractivity contribution in [2.75, 3.05) is 24.5 Å². The van der Waals surface area contributed by atoms with Crippen LogP contribution in [-0.4, -0.2) is 51.4 Å². The number of benzene rings is 4. The molecule has 0 radical (unpaired) electrons. The Balaban J connectivity index is 1.83. The molecule has 4 aromatic carbocycles. The van der Waals surface area contributed by atoms with Gasteiger partial charge in [0.1, 0.15) is 18.3 Å². The number of hydrogen-bond donors (Lipinski definition) is 1. The van der Waals surface area contributed by atoms with Crippen molar-refractivity contribution >= 4 is 50.7 Å². The van der Waals surface area contributed by atoms with Crippen LogP contribution < -0.4 is 14.4 Å². The number of halogens is 2. The molecule has 1 atom stereocenters. The summed E-state index contributed by atoms with van der Waals surface area (Å²) in [5.74, 6) is -0.546. The highest BCUT2D eigenvalue weighted by Gasteiger charge is 2.35. The molecule has 242 valence electrons. The number of nitrogens with one attached hydrogen (secondary N) is 1. The van der Waals surface area contributed by atoms with Crippen molar-refractivity contribution in [1.29, 1.82) is 0 Å². The summed E-state index contributed by atoms with van der Waals surface area (Å²) in [5, 5.41) is 3.66. The largest absolute Gasteiger partial charge is 0.497 e. The quantitative estimate of drug-likeness (QED) is 0.160. The Kier molecular flexibility index (Phi) is 12.1. The number of ether oxygens (including phenoxy) is 1. The topological polar surface area (TPSA) is 96.0 Å². The first-order valence-electron chi connectivity index (χ1n) is 14.8. The van der Waals surface area contributed by atoms with Gasteiger partial charge in [0, 0.05) is 35.6 Å². The van der Waals surface area contributed by atoms with E-state index in [0.717, 1.165) is 15.4 Å². The van der Waals surface area contributed by atoms with Gasteiger partial charge in [0.2, 0.25) is 11.8 Å². The van der Waals surface area contributed by atoms with E-state index in [0.29, 0.717) is 34.3 Å². The lowest BCUT2D eigenvalue weighted by Crippen LogP contribution is -2.53. The van der Waals surface area contributed by atoms with Crippen LogP contribution in [0.25, 0.3) is 0 Å². The minimum atomic E-state index is -4.24. The summed E-state index contributed by atoms with van der Waals surface area (Å²) >= 11 is 12.7. The number of anilines is 1. The number of carbonyl (C=O) groups excluding carboxylic acids is 2. The highest BCUT2D eigenvalue weighted by atomic mass is 35.5. The molecule has 0 spiro atoms. The SMILES string of the molecule is CCCNC(=O)[C@H](Cc1ccccc1)N(Cc1ccc(Cl)cc1Cl)C(=O)CN(c1cccc(OC)c1)S(=O)(=O)c1ccc(C)cc1. The number of sulfonamides is 1. The van der Waals surface area contributed by atoms with Gasteiger partial charge in [0.25, 0.3) is 10.0 Å². The Labute approximate surface area is 280 Å². The van der Waals surface area contributed by atoms with Gasteiger partial charge in [-0.1, -0.05) is 90.3 Å². The fourth-order valence-corrected chi connectivity index (χ4v) is 6.76. The molecule has 0 saturated heterocycles. The maximum Gasteiger partial charge on any atom is 0.264 e. The summed E-state index contributed by atoms with van der Waals surface area (Å²) < 4.78 is 34.8. The number of carbonyl (C=O) groups is 2. The maximum atomic E-state index is 14.5. The first kappa shape index (κ1) is 34.8. The minimum Gasteiger partial charge on any atom is -0.497 e. The van der Waals surface area contributed by atoms with Gasteiger partial charge in [-0.05, 0) is 60.9 Å². The average Bonchev–Trinajstić information content (AvgIpc) is 3.05. The summed E-state index contributed by atoms with van der Waals surface area (Å²) in [6.07, 6.45) is 0.885. The Bertz CT molecular complexity index is 1750. The number of methoxy groups -OCH3 is 1. The van der Waals surface area contributed by atoms with Crippen molar-refractivity contribution in [3.8, 4) is 5.75 Å². The lowest BCUT2D eigenvalue weighted by molar-refractivity contribution is -0.140. The van der Waals surface area contributed by atoms with E-state index in [2.05, 4.69) is 5.32 Å². The Morgan fingerprint density at radius 3 is 2.28 bits per heavy atom. The fourth-order valence-electron chi connectivity index (χ4n) is 4.89. The second kappa shape index (κ2) is 16.0. The monoisotopic (exact) mass is 681 g/mol. The summed E-state index contributed by atoms with van der Waals surface area (Å²) in [6.45, 7) is 3.54. The van der Waals surface area contributed by atoms with E-state index >= 15 is 0 Å². The summed E-state index contributed by atoms with van der Waals surface area (Å²) in [5.41, 5.74) is 2.50. The minimum absolute atomic E-state index is 0.0162. The number of amides is 2. The van der Waals surface area contributed by atoms with E-state index in [1.54, 1.807) is 54.6 Å². The van der Waals surface area contributed by atoms with Crippen LogP contribution >= 0.6 is 23.2 Å². The molecule has 0 saturated carbocycles. The Morgan fingerprint density at radius 2 is 1.63 bits per heavy atom. The fraction of sp³-hybridized carbons (Fsp3) is 0.257. The lowest BCUT2D eigenvalue weighted by atomic mass is 10.0. The van der Waals surface area contributed by atoms with E-state index in [4.69, 9.17) is 27.9 Å². The zero-order valence-electron chi connectivity index (χ0n) is 26.0. The highest BCUT2D eigenvalue weighted by molar-refractivity contribution is 7.92. The number of hydrogen-bond acceptors (Lipinski definition) is 5. The summed E-state index contributed by atoms with van der Waals surface area (Å²) in [6, 6.07) is 26.1. The predicted octanol–water partition coefficient (Wildman–Crippen LogP) is 6.67. The first-order chi connectivity index (χ1) is 22.0. The average molecular weight is 683 g/mol. The lowest BCUT2D eigenvalue weighted by Gasteiger charge is -2.34. The summed E-state index contributed by atoms with van der Waals surface area (Å²) in [7, 11) is -2.77. The molecule has 0 heterocycles. The van der Waals surface area contributed by atoms with Gasteiger partial charge in [-0.25, -0.2) is 8.42 Å². The van der Waals surface area contributed by atoms with Crippen molar-refractivity contribution in [3.05, 3.63) is 124 Å². The maximum absolute atomic E-state index is 14.5. The molecule has 4 rings (SSSR count). The van der Waals surface area contributed by atoms with E-state index in [-0.39, 0.29) is 29.5 Å². The van der Waals surface area contributed by atoms with E-state index in [9.17, 15) is 18.0 Å². The molecule has 11 heteroatoms. The van der Waals surface area contributed by atoms with Crippen LogP contribution in [0.5, 0.6) is 5.75 Å². The molecule has 4 aromatic rings. The molecule has 1 N–H and O–H groups in total. The van der Waals surface area contributed by atoms with E-state index in [1.165, 1.54) is 24.1 Å². The van der Waals surface area contributed by atoms with Crippen LogP contribution in [-0.2, 0) is 32.6 Å². The molecule has 0 aromatic heterocycles. The predicted molar refractivity (Wildman–Crippen MR) is 183 cm³/mol. The molecule has 0 unspecified atom stereocenters. The second-order valence-electron chi connectivity index (χ2n) is 10.8. The van der Waals surface area contributed by atoms with Crippen LogP contribution in [0.1, 0.15) is 30.0 Å². The van der Waals surface area contributed by atoms with Crippen LogP contribution in [0.3, 0.4) is 0 Å². The van der Waals surface area contributed by atoms with Crippen molar-refractivity contribution < 1.29 is 22.7 Å². The van der Waals surface area contributed by atoms with Gasteiger partial charge < -0.3 is 15.0 Å². The number of nitrogens with zero attached hydrogens (tertiary/aromatic N) is 2. The normalized spacial score (nSPS) is 11.8. The molecule has 0 aliphatic carbocycles. The van der Waals surface area contributed by atoms with Gasteiger partial charge in [0.05, 0.1) is 17.7 Å². The molecule has 0 fully saturated rings. The Hall–Kier alpha value is -4.05. The number of rotatable bonds is 14. The van der Waals surface area contributed by atoms with Crippen LogP contribution in [0.4, 0.5) is 5.69 Å². The highest BCUT2D eigenvalue weighted by Crippen LogP contribution is 2.29. The third kappa shape index (κ3) is 8.81. The molecular weight excluding hydrogens is 645 g/mol. The van der Waals surface area contributed by atoms with Gasteiger partial charge >= 0.3 is 0 Å². The van der Waals surface area contributed by atoms with Gasteiger partial charge in [-0.3, -0.25) is 13.9 Å². The van der Waals surface area contributed by atoms with E-state index in [1.807, 2.05) is 44.2 Å². The van der Waals surface area contributed by atoms with Crippen molar-refractivity contribution in [2.24, 2.45) is 0 Å². The molecule has 8 nitrogen and oxygen atoms in total. The van der Waals surface area contributed by atoms with Crippen molar-refractivity contribution in [3.63, 3.8) is 0 Å². The zero-order valence-corrected chi connectivity index (χ0v) is 28.3. The van der Waals surface area contributed by atoms with Crippen LogP contribution in [0.2, 0.25) is 10.0 Å². The Morgan fingerprint density at radius 1 is 0.913 bits per heavy atom. The van der Waals surface area contributed by atoms with Crippen LogP contribution in [0, 0.1) is 6.92 Å². The van der Waals surface area contributed by atoms with Gasteiger partial charge in [-0.2, -0.15) is 0 Å². The molecule has 2 amide bonds. The zero-order chi connectivity index (χ0) is 33.3. The molecular formula is C35H37Cl2N3O5S. The molecule has 0 aliphatic heterocycles. The molecule has 46 heavy (non-hydrogen) atoms. The van der Waals surface area contributed by atoms with Gasteiger partial charge in [-0.15, -0.1) is 0 Å².